The third-order valence-electron chi connectivity index (χ3n) is 3.77. The van der Waals surface area contributed by atoms with E-state index < -0.39 is 0 Å². The molecule has 1 saturated heterocycles. The minimum Gasteiger partial charge on any atom is -0.493 e. The van der Waals surface area contributed by atoms with Crippen molar-refractivity contribution in [2.45, 2.75) is 12.5 Å². The van der Waals surface area contributed by atoms with Gasteiger partial charge in [0.25, 0.3) is 5.91 Å². The van der Waals surface area contributed by atoms with E-state index in [2.05, 4.69) is 15.6 Å². The van der Waals surface area contributed by atoms with E-state index in [1.807, 2.05) is 18.2 Å². The molecule has 3 rings (SSSR count). The summed E-state index contributed by atoms with van der Waals surface area (Å²) >= 11 is 0. The maximum Gasteiger partial charge on any atom is 0.267 e. The standard InChI is InChI=1S/C15H19N3O3.ClH/c1-20-13-6-9-5-12(18-11(9)7-14(13)21-2)15(19)17-10-3-4-16-8-10;/h5-7,10,16,18H,3-4,8H2,1-2H3,(H,17,19);1H. The lowest BCUT2D eigenvalue weighted by Gasteiger charge is -2.09. The molecule has 1 amide bonds. The Morgan fingerprint density at radius 2 is 1.95 bits per heavy atom. The summed E-state index contributed by atoms with van der Waals surface area (Å²) in [5, 5.41) is 7.16. The van der Waals surface area contributed by atoms with Crippen molar-refractivity contribution in [3.63, 3.8) is 0 Å². The number of benzene rings is 1. The van der Waals surface area contributed by atoms with Crippen LogP contribution in [-0.4, -0.2) is 44.2 Å². The van der Waals surface area contributed by atoms with Crippen LogP contribution >= 0.6 is 12.4 Å². The van der Waals surface area contributed by atoms with Gasteiger partial charge in [0, 0.05) is 29.6 Å². The highest BCUT2D eigenvalue weighted by Crippen LogP contribution is 2.32. The van der Waals surface area contributed by atoms with E-state index in [0.717, 1.165) is 30.4 Å². The van der Waals surface area contributed by atoms with Crippen molar-refractivity contribution in [3.8, 4) is 11.5 Å². The largest absolute Gasteiger partial charge is 0.493 e. The Bertz CT molecular complexity index is 624. The molecule has 3 N–H and O–H groups in total. The fraction of sp³-hybridized carbons (Fsp3) is 0.400. The summed E-state index contributed by atoms with van der Waals surface area (Å²) in [5.74, 6) is 1.20. The summed E-state index contributed by atoms with van der Waals surface area (Å²) in [7, 11) is 3.18. The third-order valence-corrected chi connectivity index (χ3v) is 3.77. The van der Waals surface area contributed by atoms with Crippen molar-refractivity contribution in [3.05, 3.63) is 23.9 Å². The number of hydrogen-bond donors (Lipinski definition) is 3. The van der Waals surface area contributed by atoms with Crippen LogP contribution in [0, 0.1) is 0 Å². The van der Waals surface area contributed by atoms with Crippen LogP contribution in [0.25, 0.3) is 10.9 Å². The van der Waals surface area contributed by atoms with Crippen molar-refractivity contribution in [1.82, 2.24) is 15.6 Å². The minimum atomic E-state index is -0.0853. The second kappa shape index (κ2) is 6.89. The van der Waals surface area contributed by atoms with Crippen molar-refractivity contribution >= 4 is 29.2 Å². The number of fused-ring (bicyclic) bond motifs is 1. The Hall–Kier alpha value is -1.92. The van der Waals surface area contributed by atoms with Crippen molar-refractivity contribution in [1.29, 1.82) is 0 Å². The monoisotopic (exact) mass is 325 g/mol. The van der Waals surface area contributed by atoms with E-state index in [1.54, 1.807) is 14.2 Å². The second-order valence-corrected chi connectivity index (χ2v) is 5.14. The van der Waals surface area contributed by atoms with Crippen LogP contribution in [-0.2, 0) is 0 Å². The van der Waals surface area contributed by atoms with E-state index in [9.17, 15) is 4.79 Å². The molecule has 1 aromatic heterocycles. The number of rotatable bonds is 4. The van der Waals surface area contributed by atoms with E-state index in [0.29, 0.717) is 17.2 Å². The number of halogens is 1. The van der Waals surface area contributed by atoms with Crippen molar-refractivity contribution in [2.24, 2.45) is 0 Å². The topological polar surface area (TPSA) is 75.4 Å². The number of aromatic amines is 1. The molecule has 0 bridgehead atoms. The molecule has 2 aromatic rings. The highest BCUT2D eigenvalue weighted by molar-refractivity contribution is 5.98. The number of carbonyl (C=O) groups is 1. The Labute approximate surface area is 135 Å². The SMILES string of the molecule is COc1cc2cc(C(=O)NC3CCNC3)[nH]c2cc1OC.Cl. The van der Waals surface area contributed by atoms with Gasteiger partial charge < -0.3 is 25.1 Å². The van der Waals surface area contributed by atoms with Gasteiger partial charge in [0.05, 0.1) is 14.2 Å². The summed E-state index contributed by atoms with van der Waals surface area (Å²) in [6, 6.07) is 5.73. The van der Waals surface area contributed by atoms with Gasteiger partial charge in [0.1, 0.15) is 5.69 Å². The van der Waals surface area contributed by atoms with Gasteiger partial charge in [-0.1, -0.05) is 0 Å². The first-order valence-corrected chi connectivity index (χ1v) is 6.97. The van der Waals surface area contributed by atoms with E-state index >= 15 is 0 Å². The Kier molecular flexibility index (Phi) is 5.15. The zero-order chi connectivity index (χ0) is 14.8. The van der Waals surface area contributed by atoms with Gasteiger partial charge in [-0.25, -0.2) is 0 Å². The second-order valence-electron chi connectivity index (χ2n) is 5.14. The van der Waals surface area contributed by atoms with Crippen LogP contribution < -0.4 is 20.1 Å². The first kappa shape index (κ1) is 16.5. The number of carbonyl (C=O) groups excluding carboxylic acids is 1. The normalized spacial score (nSPS) is 17.1. The van der Waals surface area contributed by atoms with Crippen LogP contribution in [0.3, 0.4) is 0 Å². The van der Waals surface area contributed by atoms with Crippen LogP contribution in [0.5, 0.6) is 11.5 Å². The predicted molar refractivity (Wildman–Crippen MR) is 87.4 cm³/mol. The van der Waals surface area contributed by atoms with E-state index in [-0.39, 0.29) is 24.4 Å². The smallest absolute Gasteiger partial charge is 0.267 e. The van der Waals surface area contributed by atoms with Gasteiger partial charge >= 0.3 is 0 Å². The van der Waals surface area contributed by atoms with Gasteiger partial charge in [0.2, 0.25) is 0 Å². The van der Waals surface area contributed by atoms with Gasteiger partial charge in [-0.15, -0.1) is 12.4 Å². The summed E-state index contributed by atoms with van der Waals surface area (Å²) in [4.78, 5) is 15.4. The van der Waals surface area contributed by atoms with Crippen LogP contribution in [0.2, 0.25) is 0 Å². The number of nitrogens with one attached hydrogen (secondary N) is 3. The zero-order valence-electron chi connectivity index (χ0n) is 12.6. The lowest BCUT2D eigenvalue weighted by atomic mass is 10.2. The maximum absolute atomic E-state index is 12.2. The number of aromatic nitrogens is 1. The quantitative estimate of drug-likeness (QED) is 0.800. The zero-order valence-corrected chi connectivity index (χ0v) is 13.4. The van der Waals surface area contributed by atoms with Gasteiger partial charge in [0.15, 0.2) is 11.5 Å². The highest BCUT2D eigenvalue weighted by atomic mass is 35.5. The van der Waals surface area contributed by atoms with Crippen LogP contribution in [0.15, 0.2) is 18.2 Å². The Balaban J connectivity index is 0.00000176. The minimum absolute atomic E-state index is 0. The van der Waals surface area contributed by atoms with Gasteiger partial charge in [-0.3, -0.25) is 4.79 Å². The van der Waals surface area contributed by atoms with Gasteiger partial charge in [-0.05, 0) is 25.1 Å². The number of hydrogen-bond acceptors (Lipinski definition) is 4. The molecule has 1 aliphatic heterocycles. The van der Waals surface area contributed by atoms with Crippen molar-refractivity contribution in [2.75, 3.05) is 27.3 Å². The van der Waals surface area contributed by atoms with E-state index in [4.69, 9.17) is 9.47 Å². The van der Waals surface area contributed by atoms with Crippen LogP contribution in [0.1, 0.15) is 16.9 Å². The molecule has 1 atom stereocenters. The molecule has 0 spiro atoms. The Morgan fingerprint density at radius 1 is 1.23 bits per heavy atom. The molecule has 1 aromatic carbocycles. The van der Waals surface area contributed by atoms with Crippen molar-refractivity contribution < 1.29 is 14.3 Å². The number of amides is 1. The fourth-order valence-electron chi connectivity index (χ4n) is 2.62. The summed E-state index contributed by atoms with van der Waals surface area (Å²) in [6.45, 7) is 1.78. The molecule has 22 heavy (non-hydrogen) atoms. The lowest BCUT2D eigenvalue weighted by molar-refractivity contribution is 0.0936. The molecule has 1 unspecified atom stereocenters. The molecule has 6 nitrogen and oxygen atoms in total. The molecular weight excluding hydrogens is 306 g/mol. The highest BCUT2D eigenvalue weighted by Gasteiger charge is 2.19. The first-order valence-electron chi connectivity index (χ1n) is 6.97. The van der Waals surface area contributed by atoms with E-state index in [1.165, 1.54) is 0 Å². The molecule has 1 fully saturated rings. The molecule has 0 radical (unpaired) electrons. The van der Waals surface area contributed by atoms with Crippen LogP contribution in [0.4, 0.5) is 0 Å². The lowest BCUT2D eigenvalue weighted by Crippen LogP contribution is -2.36. The number of H-pyrrole nitrogens is 1. The maximum atomic E-state index is 12.2. The average Bonchev–Trinajstić information content (AvgIpc) is 3.13. The molecular formula is C15H20ClN3O3. The number of methoxy groups -OCH3 is 2. The number of ether oxygens (including phenoxy) is 2. The summed E-state index contributed by atoms with van der Waals surface area (Å²) in [6.07, 6.45) is 0.966. The Morgan fingerprint density at radius 3 is 2.59 bits per heavy atom. The molecule has 1 aliphatic rings. The first-order chi connectivity index (χ1) is 10.2. The molecule has 0 saturated carbocycles. The molecule has 7 heteroatoms. The summed E-state index contributed by atoms with van der Waals surface area (Å²) in [5.41, 5.74) is 1.40. The predicted octanol–water partition coefficient (Wildman–Crippen LogP) is 1.70. The fourth-order valence-corrected chi connectivity index (χ4v) is 2.62. The van der Waals surface area contributed by atoms with Gasteiger partial charge in [-0.2, -0.15) is 0 Å². The summed E-state index contributed by atoms with van der Waals surface area (Å²) < 4.78 is 10.5. The molecule has 0 aliphatic carbocycles. The molecule has 120 valence electrons. The third kappa shape index (κ3) is 3.13. The molecule has 2 heterocycles. The average molecular weight is 326 g/mol.